The van der Waals surface area contributed by atoms with Crippen LogP contribution in [0.3, 0.4) is 0 Å². The van der Waals surface area contributed by atoms with Crippen molar-refractivity contribution in [2.24, 2.45) is 5.73 Å². The zero-order valence-corrected chi connectivity index (χ0v) is 11.2. The summed E-state index contributed by atoms with van der Waals surface area (Å²) in [6, 6.07) is 9.70. The molecule has 0 aliphatic heterocycles. The van der Waals surface area contributed by atoms with Crippen LogP contribution < -0.4 is 11.1 Å². The molecule has 1 aromatic heterocycles. The lowest BCUT2D eigenvalue weighted by molar-refractivity contribution is 0.591. The molecule has 6 heteroatoms. The second-order valence-electron chi connectivity index (χ2n) is 4.73. The highest BCUT2D eigenvalue weighted by molar-refractivity contribution is 5.79. The summed E-state index contributed by atoms with van der Waals surface area (Å²) in [5, 5.41) is 3.02. The minimum Gasteiger partial charge on any atom is -0.330 e. The minimum absolute atomic E-state index is 0.110. The molecule has 2 aromatic carbocycles. The van der Waals surface area contributed by atoms with Crippen molar-refractivity contribution in [2.75, 3.05) is 11.9 Å². The molecule has 0 spiro atoms. The molecule has 3 rings (SSSR count). The molecule has 0 amide bonds. The predicted molar refractivity (Wildman–Crippen MR) is 78.5 cm³/mol. The first-order valence-corrected chi connectivity index (χ1v) is 6.56. The van der Waals surface area contributed by atoms with Crippen molar-refractivity contribution in [3.63, 3.8) is 0 Å². The minimum atomic E-state index is -0.687. The summed E-state index contributed by atoms with van der Waals surface area (Å²) in [4.78, 5) is 6.92. The Bertz CT molecular complexity index is 765. The Morgan fingerprint density at radius 2 is 1.90 bits per heavy atom. The third-order valence-electron chi connectivity index (χ3n) is 3.15. The van der Waals surface area contributed by atoms with Gasteiger partial charge in [0, 0.05) is 11.8 Å². The van der Waals surface area contributed by atoms with Crippen LogP contribution in [0.5, 0.6) is 0 Å². The predicted octanol–water partition coefficient (Wildman–Crippen LogP) is 3.09. The Hall–Kier alpha value is -2.47. The maximum absolute atomic E-state index is 13.6. The SMILES string of the molecule is NCCc1ccc(Nc2nc3c(F)cc(F)cc3[nH]2)cc1. The number of halogens is 2. The van der Waals surface area contributed by atoms with Crippen molar-refractivity contribution < 1.29 is 8.78 Å². The van der Waals surface area contributed by atoms with E-state index in [-0.39, 0.29) is 5.52 Å². The summed E-state index contributed by atoms with van der Waals surface area (Å²) in [6.07, 6.45) is 0.815. The van der Waals surface area contributed by atoms with Gasteiger partial charge in [0.05, 0.1) is 5.52 Å². The number of hydrogen-bond donors (Lipinski definition) is 3. The number of aromatic nitrogens is 2. The Balaban J connectivity index is 1.86. The van der Waals surface area contributed by atoms with E-state index < -0.39 is 11.6 Å². The molecule has 1 heterocycles. The van der Waals surface area contributed by atoms with Crippen LogP contribution in [0.15, 0.2) is 36.4 Å². The van der Waals surface area contributed by atoms with Crippen LogP contribution >= 0.6 is 0 Å². The normalized spacial score (nSPS) is 11.0. The Kier molecular flexibility index (Phi) is 3.53. The van der Waals surface area contributed by atoms with E-state index in [4.69, 9.17) is 5.73 Å². The Morgan fingerprint density at radius 3 is 2.62 bits per heavy atom. The van der Waals surface area contributed by atoms with Gasteiger partial charge in [-0.1, -0.05) is 12.1 Å². The van der Waals surface area contributed by atoms with Gasteiger partial charge in [-0.15, -0.1) is 0 Å². The van der Waals surface area contributed by atoms with Gasteiger partial charge in [-0.2, -0.15) is 0 Å². The van der Waals surface area contributed by atoms with Crippen molar-refractivity contribution in [1.82, 2.24) is 9.97 Å². The number of H-pyrrole nitrogens is 1. The van der Waals surface area contributed by atoms with E-state index in [1.54, 1.807) is 0 Å². The number of fused-ring (bicyclic) bond motifs is 1. The fourth-order valence-corrected chi connectivity index (χ4v) is 2.16. The van der Waals surface area contributed by atoms with Gasteiger partial charge in [-0.25, -0.2) is 13.8 Å². The van der Waals surface area contributed by atoms with Crippen molar-refractivity contribution in [3.05, 3.63) is 53.6 Å². The molecular formula is C15H14F2N4. The van der Waals surface area contributed by atoms with Crippen LogP contribution in [0.4, 0.5) is 20.4 Å². The smallest absolute Gasteiger partial charge is 0.205 e. The first kappa shape index (κ1) is 13.5. The lowest BCUT2D eigenvalue weighted by Crippen LogP contribution is -2.02. The van der Waals surface area contributed by atoms with Crippen LogP contribution in [0.1, 0.15) is 5.56 Å². The molecule has 0 bridgehead atoms. The molecule has 108 valence electrons. The van der Waals surface area contributed by atoms with Crippen LogP contribution in [0, 0.1) is 11.6 Å². The topological polar surface area (TPSA) is 66.7 Å². The van der Waals surface area contributed by atoms with Crippen LogP contribution in [0.2, 0.25) is 0 Å². The maximum atomic E-state index is 13.6. The van der Waals surface area contributed by atoms with Gasteiger partial charge in [0.2, 0.25) is 5.95 Å². The highest BCUT2D eigenvalue weighted by atomic mass is 19.1. The number of rotatable bonds is 4. The largest absolute Gasteiger partial charge is 0.330 e. The molecule has 3 aromatic rings. The van der Waals surface area contributed by atoms with Gasteiger partial charge in [-0.3, -0.25) is 0 Å². The number of nitrogens with one attached hydrogen (secondary N) is 2. The van der Waals surface area contributed by atoms with Crippen LogP contribution in [-0.4, -0.2) is 16.5 Å². The molecule has 4 nitrogen and oxygen atoms in total. The number of benzene rings is 2. The third-order valence-corrected chi connectivity index (χ3v) is 3.15. The molecule has 4 N–H and O–H groups in total. The van der Waals surface area contributed by atoms with Crippen molar-refractivity contribution in [3.8, 4) is 0 Å². The zero-order valence-electron chi connectivity index (χ0n) is 11.2. The van der Waals surface area contributed by atoms with Gasteiger partial charge in [-0.05, 0) is 36.7 Å². The first-order chi connectivity index (χ1) is 10.2. The second kappa shape index (κ2) is 5.49. The van der Waals surface area contributed by atoms with E-state index >= 15 is 0 Å². The second-order valence-corrected chi connectivity index (χ2v) is 4.73. The van der Waals surface area contributed by atoms with E-state index in [0.29, 0.717) is 18.0 Å². The summed E-state index contributed by atoms with van der Waals surface area (Å²) >= 11 is 0. The van der Waals surface area contributed by atoms with E-state index in [9.17, 15) is 8.78 Å². The van der Waals surface area contributed by atoms with Crippen molar-refractivity contribution in [2.45, 2.75) is 6.42 Å². The molecule has 0 atom stereocenters. The fourth-order valence-electron chi connectivity index (χ4n) is 2.16. The van der Waals surface area contributed by atoms with Gasteiger partial charge < -0.3 is 16.0 Å². The third kappa shape index (κ3) is 2.85. The first-order valence-electron chi connectivity index (χ1n) is 6.56. The summed E-state index contributed by atoms with van der Waals surface area (Å²) in [7, 11) is 0. The van der Waals surface area contributed by atoms with Gasteiger partial charge >= 0.3 is 0 Å². The monoisotopic (exact) mass is 288 g/mol. The molecule has 0 saturated carbocycles. The van der Waals surface area contributed by atoms with E-state index in [2.05, 4.69) is 15.3 Å². The number of nitrogens with zero attached hydrogens (tertiary/aromatic N) is 1. The fraction of sp³-hybridized carbons (Fsp3) is 0.133. The lowest BCUT2D eigenvalue weighted by atomic mass is 10.1. The quantitative estimate of drug-likeness (QED) is 0.691. The van der Waals surface area contributed by atoms with Gasteiger partial charge in [0.25, 0.3) is 0 Å². The Labute approximate surface area is 120 Å². The summed E-state index contributed by atoms with van der Waals surface area (Å²) in [5.74, 6) is -0.963. The maximum Gasteiger partial charge on any atom is 0.205 e. The van der Waals surface area contributed by atoms with E-state index in [1.165, 1.54) is 6.07 Å². The summed E-state index contributed by atoms with van der Waals surface area (Å²) < 4.78 is 26.7. The average Bonchev–Trinajstić information content (AvgIpc) is 2.84. The molecule has 0 fully saturated rings. The molecule has 0 unspecified atom stereocenters. The number of anilines is 2. The van der Waals surface area contributed by atoms with Crippen molar-refractivity contribution >= 4 is 22.7 Å². The van der Waals surface area contributed by atoms with Crippen LogP contribution in [0.25, 0.3) is 11.0 Å². The molecule has 0 aliphatic carbocycles. The van der Waals surface area contributed by atoms with E-state index in [0.717, 1.165) is 23.7 Å². The van der Waals surface area contributed by atoms with E-state index in [1.807, 2.05) is 24.3 Å². The van der Waals surface area contributed by atoms with Crippen molar-refractivity contribution in [1.29, 1.82) is 0 Å². The molecule has 21 heavy (non-hydrogen) atoms. The highest BCUT2D eigenvalue weighted by Gasteiger charge is 2.09. The highest BCUT2D eigenvalue weighted by Crippen LogP contribution is 2.21. The molecular weight excluding hydrogens is 274 g/mol. The number of nitrogens with two attached hydrogens (primary N) is 1. The summed E-state index contributed by atoms with van der Waals surface area (Å²) in [5.41, 5.74) is 7.86. The lowest BCUT2D eigenvalue weighted by Gasteiger charge is -2.04. The standard InChI is InChI=1S/C15H14F2N4/c16-10-7-12(17)14-13(8-10)20-15(21-14)19-11-3-1-9(2-4-11)5-6-18/h1-4,7-8H,5-6,18H2,(H2,19,20,21). The average molecular weight is 288 g/mol. The van der Waals surface area contributed by atoms with Crippen LogP contribution in [-0.2, 0) is 6.42 Å². The number of aromatic amines is 1. The number of imidazole rings is 1. The van der Waals surface area contributed by atoms with Gasteiger partial charge in [0.15, 0.2) is 5.82 Å². The Morgan fingerprint density at radius 1 is 1.14 bits per heavy atom. The molecule has 0 radical (unpaired) electrons. The summed E-state index contributed by atoms with van der Waals surface area (Å²) in [6.45, 7) is 0.598. The molecule has 0 aliphatic rings. The zero-order chi connectivity index (χ0) is 14.8. The number of hydrogen-bond acceptors (Lipinski definition) is 3. The van der Waals surface area contributed by atoms with Gasteiger partial charge in [0.1, 0.15) is 11.3 Å². The molecule has 0 saturated heterocycles.